The predicted molar refractivity (Wildman–Crippen MR) is 91.6 cm³/mol. The number of allylic oxidation sites excluding steroid dienone is 1. The Kier molecular flexibility index (Phi) is 3.97. The largest absolute Gasteiger partial charge is 0.507 e. The van der Waals surface area contributed by atoms with Crippen LogP contribution < -0.4 is 4.74 Å². The molecule has 0 unspecified atom stereocenters. The van der Waals surface area contributed by atoms with Crippen LogP contribution in [0, 0.1) is 0 Å². The maximum absolute atomic E-state index is 12.4. The third-order valence-corrected chi connectivity index (χ3v) is 3.86. The SMILES string of the molecule is CC1(C)CC(=O)c2cc(C(=O)/C=C/c3ccccc3)c(O)cc2O1. The molecular formula is C20H18O4. The number of ketones is 2. The molecule has 4 nitrogen and oxygen atoms in total. The fourth-order valence-corrected chi connectivity index (χ4v) is 2.71. The predicted octanol–water partition coefficient (Wildman–Crippen LogP) is 4.03. The molecule has 1 aliphatic rings. The van der Waals surface area contributed by atoms with Gasteiger partial charge >= 0.3 is 0 Å². The summed E-state index contributed by atoms with van der Waals surface area (Å²) in [6, 6.07) is 12.1. The summed E-state index contributed by atoms with van der Waals surface area (Å²) in [4.78, 5) is 24.6. The second-order valence-electron chi connectivity index (χ2n) is 6.44. The Hall–Kier alpha value is -2.88. The van der Waals surface area contributed by atoms with E-state index in [9.17, 15) is 14.7 Å². The fourth-order valence-electron chi connectivity index (χ4n) is 2.71. The highest BCUT2D eigenvalue weighted by Gasteiger charge is 2.33. The van der Waals surface area contributed by atoms with Crippen LogP contribution in [0.3, 0.4) is 0 Å². The summed E-state index contributed by atoms with van der Waals surface area (Å²) >= 11 is 0. The molecule has 0 aromatic heterocycles. The van der Waals surface area contributed by atoms with E-state index in [4.69, 9.17) is 4.74 Å². The fraction of sp³-hybridized carbons (Fsp3) is 0.200. The van der Waals surface area contributed by atoms with Crippen molar-refractivity contribution in [2.45, 2.75) is 25.9 Å². The number of phenolic OH excluding ortho intramolecular Hbond substituents is 1. The summed E-state index contributed by atoms with van der Waals surface area (Å²) in [5.74, 6) is -0.335. The van der Waals surface area contributed by atoms with Crippen molar-refractivity contribution in [1.29, 1.82) is 0 Å². The lowest BCUT2D eigenvalue weighted by Gasteiger charge is -2.31. The maximum atomic E-state index is 12.4. The number of ether oxygens (including phenoxy) is 1. The first-order valence-electron chi connectivity index (χ1n) is 7.72. The van der Waals surface area contributed by atoms with Crippen molar-refractivity contribution in [2.75, 3.05) is 0 Å². The van der Waals surface area contributed by atoms with Gasteiger partial charge in [-0.2, -0.15) is 0 Å². The second kappa shape index (κ2) is 5.96. The lowest BCUT2D eigenvalue weighted by Crippen LogP contribution is -2.36. The van der Waals surface area contributed by atoms with Crippen LogP contribution in [-0.4, -0.2) is 22.3 Å². The summed E-state index contributed by atoms with van der Waals surface area (Å²) in [7, 11) is 0. The van der Waals surface area contributed by atoms with Crippen LogP contribution in [0.5, 0.6) is 11.5 Å². The number of rotatable bonds is 3. The van der Waals surface area contributed by atoms with Gasteiger partial charge in [-0.1, -0.05) is 36.4 Å². The van der Waals surface area contributed by atoms with Crippen molar-refractivity contribution < 1.29 is 19.4 Å². The van der Waals surface area contributed by atoms with Crippen molar-refractivity contribution in [1.82, 2.24) is 0 Å². The lowest BCUT2D eigenvalue weighted by atomic mass is 9.91. The van der Waals surface area contributed by atoms with Gasteiger partial charge in [-0.3, -0.25) is 9.59 Å². The van der Waals surface area contributed by atoms with Crippen LogP contribution in [-0.2, 0) is 0 Å². The van der Waals surface area contributed by atoms with E-state index in [2.05, 4.69) is 0 Å². The number of benzene rings is 2. The zero-order chi connectivity index (χ0) is 17.3. The molecule has 0 saturated heterocycles. The van der Waals surface area contributed by atoms with Gasteiger partial charge in [-0.15, -0.1) is 0 Å². The van der Waals surface area contributed by atoms with Gasteiger partial charge < -0.3 is 9.84 Å². The lowest BCUT2D eigenvalue weighted by molar-refractivity contribution is 0.0619. The first-order valence-corrected chi connectivity index (χ1v) is 7.72. The number of phenols is 1. The smallest absolute Gasteiger partial charge is 0.189 e. The third-order valence-electron chi connectivity index (χ3n) is 3.86. The summed E-state index contributed by atoms with van der Waals surface area (Å²) in [6.45, 7) is 3.62. The minimum absolute atomic E-state index is 0.0950. The Bertz CT molecular complexity index is 832. The van der Waals surface area contributed by atoms with Crippen molar-refractivity contribution in [2.24, 2.45) is 0 Å². The molecule has 0 aliphatic carbocycles. The van der Waals surface area contributed by atoms with Gasteiger partial charge in [0.25, 0.3) is 0 Å². The number of fused-ring (bicyclic) bond motifs is 1. The molecular weight excluding hydrogens is 304 g/mol. The quantitative estimate of drug-likeness (QED) is 0.684. The molecule has 2 aromatic rings. The molecule has 0 bridgehead atoms. The van der Waals surface area contributed by atoms with E-state index in [1.165, 1.54) is 18.2 Å². The van der Waals surface area contributed by atoms with Gasteiger partial charge in [0.2, 0.25) is 0 Å². The zero-order valence-electron chi connectivity index (χ0n) is 13.6. The Balaban J connectivity index is 1.92. The molecule has 1 aliphatic heterocycles. The number of Topliss-reactive ketones (excluding diaryl/α,β-unsaturated/α-hetero) is 1. The van der Waals surface area contributed by atoms with Crippen LogP contribution in [0.4, 0.5) is 0 Å². The highest BCUT2D eigenvalue weighted by molar-refractivity contribution is 6.11. The minimum Gasteiger partial charge on any atom is -0.507 e. The van der Waals surface area contributed by atoms with E-state index in [1.807, 2.05) is 44.2 Å². The molecule has 1 heterocycles. The average Bonchev–Trinajstić information content (AvgIpc) is 2.52. The Morgan fingerprint density at radius 3 is 2.62 bits per heavy atom. The standard InChI is InChI=1S/C20H18O4/c1-20(2)12-18(23)15-10-14(17(22)11-19(15)24-20)16(21)9-8-13-6-4-3-5-7-13/h3-11,22H,12H2,1-2H3/b9-8+. The molecule has 0 spiro atoms. The monoisotopic (exact) mass is 322 g/mol. The van der Waals surface area contributed by atoms with Gasteiger partial charge in [0.1, 0.15) is 17.1 Å². The topological polar surface area (TPSA) is 63.6 Å². The summed E-state index contributed by atoms with van der Waals surface area (Å²) in [5, 5.41) is 10.1. The maximum Gasteiger partial charge on any atom is 0.189 e. The molecule has 0 amide bonds. The van der Waals surface area contributed by atoms with Gasteiger partial charge in [0, 0.05) is 6.07 Å². The van der Waals surface area contributed by atoms with Crippen molar-refractivity contribution in [3.8, 4) is 11.5 Å². The normalized spacial score (nSPS) is 15.8. The Labute approximate surface area is 140 Å². The number of carbonyl (C=O) groups is 2. The third kappa shape index (κ3) is 3.23. The van der Waals surface area contributed by atoms with Crippen molar-refractivity contribution in [3.63, 3.8) is 0 Å². The van der Waals surface area contributed by atoms with Crippen LogP contribution in [0.1, 0.15) is 46.5 Å². The highest BCUT2D eigenvalue weighted by atomic mass is 16.5. The molecule has 0 radical (unpaired) electrons. The van der Waals surface area contributed by atoms with Crippen LogP contribution in [0.25, 0.3) is 6.08 Å². The van der Waals surface area contributed by atoms with Gasteiger partial charge in [0.05, 0.1) is 17.5 Å². The summed E-state index contributed by atoms with van der Waals surface area (Å²) in [6.07, 6.45) is 3.29. The average molecular weight is 322 g/mol. The number of hydrogen-bond acceptors (Lipinski definition) is 4. The zero-order valence-corrected chi connectivity index (χ0v) is 13.6. The minimum atomic E-state index is -0.616. The molecule has 1 N–H and O–H groups in total. The van der Waals surface area contributed by atoms with E-state index in [1.54, 1.807) is 6.08 Å². The molecule has 2 aromatic carbocycles. The summed E-state index contributed by atoms with van der Waals surface area (Å²) in [5.41, 5.74) is 0.695. The second-order valence-corrected chi connectivity index (χ2v) is 6.44. The molecule has 0 fully saturated rings. The van der Waals surface area contributed by atoms with E-state index in [-0.39, 0.29) is 29.3 Å². The number of carbonyl (C=O) groups excluding carboxylic acids is 2. The van der Waals surface area contributed by atoms with Crippen molar-refractivity contribution in [3.05, 3.63) is 65.2 Å². The molecule has 3 rings (SSSR count). The number of aromatic hydroxyl groups is 1. The van der Waals surface area contributed by atoms with Gasteiger partial charge in [0.15, 0.2) is 11.6 Å². The molecule has 0 atom stereocenters. The van der Waals surface area contributed by atoms with Crippen LogP contribution >= 0.6 is 0 Å². The Morgan fingerprint density at radius 1 is 1.21 bits per heavy atom. The van der Waals surface area contributed by atoms with Gasteiger partial charge in [-0.25, -0.2) is 0 Å². The molecule has 0 saturated carbocycles. The van der Waals surface area contributed by atoms with E-state index in [0.29, 0.717) is 11.3 Å². The van der Waals surface area contributed by atoms with Crippen LogP contribution in [0.15, 0.2) is 48.5 Å². The van der Waals surface area contributed by atoms with Gasteiger partial charge in [-0.05, 0) is 31.6 Å². The molecule has 24 heavy (non-hydrogen) atoms. The molecule has 122 valence electrons. The first-order chi connectivity index (χ1) is 11.4. The van der Waals surface area contributed by atoms with E-state index >= 15 is 0 Å². The van der Waals surface area contributed by atoms with Crippen molar-refractivity contribution >= 4 is 17.6 Å². The first kappa shape index (κ1) is 16.0. The number of hydrogen-bond donors (Lipinski definition) is 1. The highest BCUT2D eigenvalue weighted by Crippen LogP contribution is 2.37. The van der Waals surface area contributed by atoms with Crippen LogP contribution in [0.2, 0.25) is 0 Å². The van der Waals surface area contributed by atoms with E-state index < -0.39 is 5.60 Å². The Morgan fingerprint density at radius 2 is 1.92 bits per heavy atom. The molecule has 4 heteroatoms. The van der Waals surface area contributed by atoms with E-state index in [0.717, 1.165) is 5.56 Å². The summed E-state index contributed by atoms with van der Waals surface area (Å²) < 4.78 is 5.72.